The van der Waals surface area contributed by atoms with E-state index in [9.17, 15) is 35.6 Å². The zero-order valence-corrected chi connectivity index (χ0v) is 34.4. The first kappa shape index (κ1) is 42.1. The highest BCUT2D eigenvalue weighted by Crippen LogP contribution is 2.68. The molecule has 0 bridgehead atoms. The fraction of sp³-hybridized carbons (Fsp3) is 0.375. The number of nitrogens with zero attached hydrogens (tertiary/aromatic N) is 6. The van der Waals surface area contributed by atoms with E-state index < -0.39 is 87.7 Å². The zero-order chi connectivity index (χ0) is 43.9. The Hall–Kier alpha value is -5.63. The number of aryl methyl sites for hydroxylation is 1. The van der Waals surface area contributed by atoms with Crippen molar-refractivity contribution in [3.05, 3.63) is 104 Å². The van der Waals surface area contributed by atoms with Crippen LogP contribution >= 0.6 is 11.6 Å². The number of nitrogens with one attached hydrogen (secondary N) is 2. The summed E-state index contributed by atoms with van der Waals surface area (Å²) in [6.45, 7) is 2.97. The number of rotatable bonds is 14. The molecule has 2 aliphatic rings. The molecule has 3 atom stereocenters. The van der Waals surface area contributed by atoms with Crippen LogP contribution < -0.4 is 20.3 Å². The van der Waals surface area contributed by atoms with Crippen molar-refractivity contribution in [3.8, 4) is 11.4 Å². The molecule has 21 heteroatoms. The molecule has 2 aliphatic carbocycles. The highest BCUT2D eigenvalue weighted by molar-refractivity contribution is 7.92. The third-order valence-electron chi connectivity index (χ3n) is 10.7. The lowest BCUT2D eigenvalue weighted by molar-refractivity contribution is -0.122. The van der Waals surface area contributed by atoms with Crippen LogP contribution in [-0.2, 0) is 40.8 Å². The summed E-state index contributed by atoms with van der Waals surface area (Å²) in [5, 5.41) is 11.0. The highest BCUT2D eigenvalue weighted by Gasteiger charge is 2.67. The Morgan fingerprint density at radius 3 is 2.46 bits per heavy atom. The van der Waals surface area contributed by atoms with E-state index in [1.165, 1.54) is 34.5 Å². The van der Waals surface area contributed by atoms with Crippen LogP contribution in [0.2, 0.25) is 5.02 Å². The Bertz CT molecular complexity index is 2920. The summed E-state index contributed by atoms with van der Waals surface area (Å²) in [5.74, 6) is -8.90. The predicted octanol–water partition coefficient (Wildman–Crippen LogP) is 7.10. The van der Waals surface area contributed by atoms with E-state index >= 15 is 8.78 Å². The number of aromatic nitrogens is 6. The maximum atomic E-state index is 15.3. The van der Waals surface area contributed by atoms with Gasteiger partial charge < -0.3 is 10.1 Å². The number of amides is 1. The van der Waals surface area contributed by atoms with Gasteiger partial charge in [0.05, 0.1) is 45.4 Å². The quantitative estimate of drug-likeness (QED) is 0.110. The van der Waals surface area contributed by atoms with Gasteiger partial charge in [0.1, 0.15) is 41.1 Å². The smallest absolute Gasteiger partial charge is 0.293 e. The number of benzene rings is 3. The number of anilines is 1. The number of halogens is 7. The summed E-state index contributed by atoms with van der Waals surface area (Å²) in [4.78, 5) is 33.1. The van der Waals surface area contributed by atoms with Crippen LogP contribution in [0.1, 0.15) is 66.9 Å². The molecule has 0 aliphatic heterocycles. The highest BCUT2D eigenvalue weighted by atomic mass is 35.5. The monoisotopic (exact) mass is 890 g/mol. The van der Waals surface area contributed by atoms with Crippen molar-refractivity contribution in [1.29, 1.82) is 0 Å². The topological polar surface area (TPSA) is 155 Å². The third kappa shape index (κ3) is 7.90. The predicted molar refractivity (Wildman–Crippen MR) is 213 cm³/mol. The molecule has 3 aromatic carbocycles. The summed E-state index contributed by atoms with van der Waals surface area (Å²) in [7, 11) is -2.36. The van der Waals surface area contributed by atoms with Gasteiger partial charge in [-0.2, -0.15) is 19.0 Å². The molecule has 8 rings (SSSR count). The molecule has 3 heterocycles. The zero-order valence-electron chi connectivity index (χ0n) is 32.8. The van der Waals surface area contributed by atoms with E-state index in [4.69, 9.17) is 21.3 Å². The van der Waals surface area contributed by atoms with Crippen molar-refractivity contribution in [3.63, 3.8) is 0 Å². The molecule has 0 radical (unpaired) electrons. The van der Waals surface area contributed by atoms with Crippen LogP contribution in [0.3, 0.4) is 0 Å². The second kappa shape index (κ2) is 15.4. The Balaban J connectivity index is 1.23. The summed E-state index contributed by atoms with van der Waals surface area (Å²) in [6.07, 6.45) is -2.50. The van der Waals surface area contributed by atoms with Gasteiger partial charge in [-0.15, -0.1) is 0 Å². The maximum absolute atomic E-state index is 15.3. The van der Waals surface area contributed by atoms with Crippen LogP contribution in [0.25, 0.3) is 27.5 Å². The number of sulfonamides is 1. The van der Waals surface area contributed by atoms with Crippen LogP contribution in [0.5, 0.6) is 5.75 Å². The number of hydrogen-bond acceptors (Lipinski definition) is 8. The average Bonchev–Trinajstić information content (AvgIpc) is 3.71. The van der Waals surface area contributed by atoms with Crippen molar-refractivity contribution < 1.29 is 44.3 Å². The van der Waals surface area contributed by atoms with Gasteiger partial charge in [0.15, 0.2) is 5.82 Å². The molecule has 0 spiro atoms. The molecule has 6 aromatic rings. The summed E-state index contributed by atoms with van der Waals surface area (Å²) in [6, 6.07) is 10.3. The van der Waals surface area contributed by atoms with Gasteiger partial charge in [0.25, 0.3) is 17.9 Å². The molecule has 3 unspecified atom stereocenters. The molecule has 1 saturated carbocycles. The van der Waals surface area contributed by atoms with Gasteiger partial charge in [0.2, 0.25) is 15.9 Å². The first-order valence-corrected chi connectivity index (χ1v) is 21.3. The number of ether oxygens (including phenoxy) is 1. The number of carbonyl (C=O) groups excluding carboxylic acids is 1. The Morgan fingerprint density at radius 2 is 1.79 bits per heavy atom. The van der Waals surface area contributed by atoms with Crippen molar-refractivity contribution in [2.45, 2.75) is 57.4 Å². The minimum atomic E-state index is -3.86. The molecule has 322 valence electrons. The molecule has 13 nitrogen and oxygen atoms in total. The van der Waals surface area contributed by atoms with E-state index in [-0.39, 0.29) is 74.0 Å². The van der Waals surface area contributed by atoms with Crippen molar-refractivity contribution >= 4 is 55.2 Å². The standard InChI is InChI=1S/C40H37ClF6N8O5S/c1-18(2)17-60-23-5-6-24-28(13-23)49-30(55(39(24)57)29-8-7-27(41)33-35(29)53(3)51-38(33)52-61(4,58)59)11-20(19-9-21(42)12-22(43)10-19)15-48-31(56)16-54-36-32(34(50-54)37(44)45)25-14-26(25)40(36,46)47/h5-10,12-13,18,20,25-26,37H,11,14-17H2,1-4H3,(H,48,56)(H,51,52). The lowest BCUT2D eigenvalue weighted by Gasteiger charge is -2.22. The van der Waals surface area contributed by atoms with E-state index in [2.05, 4.69) is 20.2 Å². The summed E-state index contributed by atoms with van der Waals surface area (Å²) < 4.78 is 124. The average molecular weight is 891 g/mol. The van der Waals surface area contributed by atoms with E-state index in [1.54, 1.807) is 12.1 Å². The number of hydrogen-bond donors (Lipinski definition) is 2. The first-order valence-electron chi connectivity index (χ1n) is 19.0. The van der Waals surface area contributed by atoms with E-state index in [1.807, 2.05) is 13.8 Å². The van der Waals surface area contributed by atoms with Crippen molar-refractivity contribution in [2.75, 3.05) is 24.1 Å². The van der Waals surface area contributed by atoms with Crippen LogP contribution in [-0.4, -0.2) is 62.8 Å². The molecule has 0 saturated heterocycles. The second-order valence-electron chi connectivity index (χ2n) is 15.8. The first-order chi connectivity index (χ1) is 28.7. The van der Waals surface area contributed by atoms with Crippen LogP contribution in [0.15, 0.2) is 53.3 Å². The largest absolute Gasteiger partial charge is 0.493 e. The molecular weight excluding hydrogens is 854 g/mol. The summed E-state index contributed by atoms with van der Waals surface area (Å²) >= 11 is 6.60. The second-order valence-corrected chi connectivity index (χ2v) is 17.9. The minimum Gasteiger partial charge on any atom is -0.493 e. The van der Waals surface area contributed by atoms with Gasteiger partial charge in [0, 0.05) is 49.5 Å². The van der Waals surface area contributed by atoms with Gasteiger partial charge in [-0.25, -0.2) is 31.0 Å². The molecule has 2 N–H and O–H groups in total. The maximum Gasteiger partial charge on any atom is 0.293 e. The van der Waals surface area contributed by atoms with Gasteiger partial charge >= 0.3 is 0 Å². The lowest BCUT2D eigenvalue weighted by Crippen LogP contribution is -2.34. The molecular formula is C40H37ClF6N8O5S. The Morgan fingerprint density at radius 1 is 1.07 bits per heavy atom. The molecule has 3 aromatic heterocycles. The number of carbonyl (C=O) groups is 1. The third-order valence-corrected chi connectivity index (χ3v) is 11.6. The minimum absolute atomic E-state index is 0.00443. The van der Waals surface area contributed by atoms with Gasteiger partial charge in [-0.3, -0.25) is 28.2 Å². The van der Waals surface area contributed by atoms with Crippen LogP contribution in [0.4, 0.5) is 32.2 Å². The van der Waals surface area contributed by atoms with Gasteiger partial charge in [-0.1, -0.05) is 25.4 Å². The fourth-order valence-electron chi connectivity index (χ4n) is 8.08. The molecule has 1 amide bonds. The number of fused-ring (bicyclic) bond motifs is 5. The van der Waals surface area contributed by atoms with Crippen molar-refractivity contribution in [1.82, 2.24) is 34.4 Å². The lowest BCUT2D eigenvalue weighted by atomic mass is 9.94. The summed E-state index contributed by atoms with van der Waals surface area (Å²) in [5.41, 5.74) is -1.86. The number of alkyl halides is 4. The Kier molecular flexibility index (Phi) is 10.6. The van der Waals surface area contributed by atoms with Gasteiger partial charge in [-0.05, 0) is 60.2 Å². The normalized spacial score (nSPS) is 17.3. The SMILES string of the molecule is CC(C)COc1ccc2c(=O)n(-c3ccc(Cl)c4c(NS(C)(=O)=O)nn(C)c34)c(CC(CNC(=O)Cn3nc(C(F)F)c4c3C(F)(F)C3CC43)c3cc(F)cc(F)c3)nc2c1. The van der Waals surface area contributed by atoms with Crippen LogP contribution in [0, 0.1) is 23.5 Å². The molecule has 1 fully saturated rings. The van der Waals surface area contributed by atoms with E-state index in [0.717, 1.165) is 18.4 Å². The van der Waals surface area contributed by atoms with Crippen molar-refractivity contribution in [2.24, 2.45) is 18.9 Å². The Labute approximate surface area is 348 Å². The van der Waals surface area contributed by atoms with E-state index in [0.29, 0.717) is 23.1 Å². The fourth-order valence-corrected chi connectivity index (χ4v) is 8.82. The molecule has 61 heavy (non-hydrogen) atoms.